The van der Waals surface area contributed by atoms with Gasteiger partial charge >= 0.3 is 0 Å². The third-order valence-corrected chi connectivity index (χ3v) is 3.07. The number of methoxy groups -OCH3 is 1. The van der Waals surface area contributed by atoms with E-state index in [-0.39, 0.29) is 11.8 Å². The summed E-state index contributed by atoms with van der Waals surface area (Å²) in [5, 5.41) is 0. The normalized spacial score (nSPS) is 16.6. The summed E-state index contributed by atoms with van der Waals surface area (Å²) >= 11 is 0. The third kappa shape index (κ3) is 2.65. The van der Waals surface area contributed by atoms with Crippen LogP contribution in [0.25, 0.3) is 0 Å². The van der Waals surface area contributed by atoms with Crippen LogP contribution in [0.4, 0.5) is 0 Å². The van der Waals surface area contributed by atoms with E-state index >= 15 is 0 Å². The van der Waals surface area contributed by atoms with Crippen LogP contribution in [-0.2, 0) is 6.54 Å². The number of ether oxygens (including phenoxy) is 1. The highest BCUT2D eigenvalue weighted by Crippen LogP contribution is 2.23. The summed E-state index contributed by atoms with van der Waals surface area (Å²) in [6.07, 6.45) is 0. The van der Waals surface area contributed by atoms with Crippen molar-refractivity contribution in [1.29, 1.82) is 0 Å². The second-order valence-electron chi connectivity index (χ2n) is 4.54. The van der Waals surface area contributed by atoms with E-state index in [2.05, 4.69) is 4.90 Å². The number of carbonyl (C=O) groups is 1. The maximum absolute atomic E-state index is 11.3. The van der Waals surface area contributed by atoms with Crippen molar-refractivity contribution in [3.8, 4) is 5.75 Å². The van der Waals surface area contributed by atoms with Crippen molar-refractivity contribution in [2.75, 3.05) is 20.2 Å². The summed E-state index contributed by atoms with van der Waals surface area (Å²) in [5.74, 6) is 0.907. The predicted octanol–water partition coefficient (Wildman–Crippen LogP) is 1.04. The van der Waals surface area contributed by atoms with Gasteiger partial charge in [-0.2, -0.15) is 0 Å². The fourth-order valence-corrected chi connectivity index (χ4v) is 2.10. The highest BCUT2D eigenvalue weighted by molar-refractivity contribution is 5.94. The lowest BCUT2D eigenvalue weighted by Crippen LogP contribution is -2.54. The molecular weight excluding hydrogens is 216 g/mol. The molecule has 0 bridgehead atoms. The molecule has 1 heterocycles. The number of ketones is 1. The van der Waals surface area contributed by atoms with Crippen LogP contribution in [0.2, 0.25) is 0 Å². The van der Waals surface area contributed by atoms with Crippen molar-refractivity contribution in [1.82, 2.24) is 4.90 Å². The van der Waals surface area contributed by atoms with Gasteiger partial charge in [-0.3, -0.25) is 9.69 Å². The summed E-state index contributed by atoms with van der Waals surface area (Å²) in [6, 6.07) is 5.85. The first kappa shape index (κ1) is 12.1. The summed E-state index contributed by atoms with van der Waals surface area (Å²) in [4.78, 5) is 13.6. The maximum atomic E-state index is 11.3. The van der Waals surface area contributed by atoms with Gasteiger partial charge in [0.05, 0.1) is 7.11 Å². The highest BCUT2D eigenvalue weighted by atomic mass is 16.5. The largest absolute Gasteiger partial charge is 0.496 e. The molecule has 1 saturated heterocycles. The molecule has 0 spiro atoms. The molecule has 2 rings (SSSR count). The van der Waals surface area contributed by atoms with Gasteiger partial charge in [-0.25, -0.2) is 0 Å². The predicted molar refractivity (Wildman–Crippen MR) is 66.3 cm³/mol. The molecule has 0 atom stereocenters. The average Bonchev–Trinajstić information content (AvgIpc) is 2.26. The van der Waals surface area contributed by atoms with E-state index in [0.29, 0.717) is 0 Å². The van der Waals surface area contributed by atoms with Crippen molar-refractivity contribution in [3.63, 3.8) is 0 Å². The Morgan fingerprint density at radius 3 is 2.76 bits per heavy atom. The smallest absolute Gasteiger partial charge is 0.159 e. The minimum Gasteiger partial charge on any atom is -0.496 e. The molecule has 92 valence electrons. The molecule has 2 N–H and O–H groups in total. The Morgan fingerprint density at radius 1 is 1.53 bits per heavy atom. The van der Waals surface area contributed by atoms with Crippen LogP contribution in [-0.4, -0.2) is 36.9 Å². The topological polar surface area (TPSA) is 55.6 Å². The number of nitrogens with zero attached hydrogens (tertiary/aromatic N) is 1. The molecule has 0 amide bonds. The van der Waals surface area contributed by atoms with E-state index in [4.69, 9.17) is 10.5 Å². The monoisotopic (exact) mass is 234 g/mol. The zero-order chi connectivity index (χ0) is 12.4. The van der Waals surface area contributed by atoms with Crippen molar-refractivity contribution < 1.29 is 9.53 Å². The van der Waals surface area contributed by atoms with Crippen LogP contribution >= 0.6 is 0 Å². The van der Waals surface area contributed by atoms with Crippen molar-refractivity contribution in [3.05, 3.63) is 29.3 Å². The van der Waals surface area contributed by atoms with Gasteiger partial charge in [-0.05, 0) is 25.1 Å². The van der Waals surface area contributed by atoms with Gasteiger partial charge in [0.15, 0.2) is 5.78 Å². The molecule has 0 aliphatic carbocycles. The van der Waals surface area contributed by atoms with Crippen LogP contribution in [0.3, 0.4) is 0 Å². The van der Waals surface area contributed by atoms with Gasteiger partial charge in [0.2, 0.25) is 0 Å². The second-order valence-corrected chi connectivity index (χ2v) is 4.54. The van der Waals surface area contributed by atoms with E-state index in [0.717, 1.165) is 36.5 Å². The van der Waals surface area contributed by atoms with Crippen LogP contribution in [0.1, 0.15) is 22.8 Å². The minimum absolute atomic E-state index is 0.0780. The number of likely N-dealkylation sites (tertiary alicyclic amines) is 1. The lowest BCUT2D eigenvalue weighted by Gasteiger charge is -2.37. The third-order valence-electron chi connectivity index (χ3n) is 3.07. The van der Waals surface area contributed by atoms with E-state index in [1.807, 2.05) is 12.1 Å². The standard InChI is InChI=1S/C13H18N2O2/c1-9(16)10-3-4-13(17-2)11(5-10)6-15-7-12(14)8-15/h3-5,12H,6-8,14H2,1-2H3. The average molecular weight is 234 g/mol. The van der Waals surface area contributed by atoms with Gasteiger partial charge < -0.3 is 10.5 Å². The first-order chi connectivity index (χ1) is 8.10. The molecule has 1 aliphatic rings. The maximum Gasteiger partial charge on any atom is 0.159 e. The molecular formula is C13H18N2O2. The molecule has 4 heteroatoms. The number of hydrogen-bond donors (Lipinski definition) is 1. The van der Waals surface area contributed by atoms with Gasteiger partial charge in [0, 0.05) is 36.8 Å². The van der Waals surface area contributed by atoms with E-state index < -0.39 is 0 Å². The Bertz CT molecular complexity index is 425. The van der Waals surface area contributed by atoms with E-state index in [1.54, 1.807) is 20.1 Å². The Hall–Kier alpha value is -1.39. The first-order valence-corrected chi connectivity index (χ1v) is 5.76. The van der Waals surface area contributed by atoms with Gasteiger partial charge in [-0.1, -0.05) is 0 Å². The molecule has 1 aliphatic heterocycles. The van der Waals surface area contributed by atoms with E-state index in [1.165, 1.54) is 0 Å². The first-order valence-electron chi connectivity index (χ1n) is 5.76. The zero-order valence-corrected chi connectivity index (χ0v) is 10.3. The summed E-state index contributed by atoms with van der Waals surface area (Å²) in [5.41, 5.74) is 7.52. The van der Waals surface area contributed by atoms with Crippen molar-refractivity contribution in [2.24, 2.45) is 5.73 Å². The fraction of sp³-hybridized carbons (Fsp3) is 0.462. The zero-order valence-electron chi connectivity index (χ0n) is 10.3. The van der Waals surface area contributed by atoms with Crippen LogP contribution in [0.15, 0.2) is 18.2 Å². The summed E-state index contributed by atoms with van der Waals surface area (Å²) in [7, 11) is 1.65. The number of benzene rings is 1. The number of Topliss-reactive ketones (excluding diaryl/α,β-unsaturated/α-hetero) is 1. The SMILES string of the molecule is COc1ccc(C(C)=O)cc1CN1CC(N)C1. The molecule has 1 aromatic rings. The number of carbonyl (C=O) groups excluding carboxylic acids is 1. The minimum atomic E-state index is 0.0780. The molecule has 0 aromatic heterocycles. The summed E-state index contributed by atoms with van der Waals surface area (Å²) < 4.78 is 5.31. The number of rotatable bonds is 4. The molecule has 0 radical (unpaired) electrons. The Kier molecular flexibility index (Phi) is 3.45. The van der Waals surface area contributed by atoms with E-state index in [9.17, 15) is 4.79 Å². The number of nitrogens with two attached hydrogens (primary N) is 1. The van der Waals surface area contributed by atoms with Gasteiger partial charge in [0.1, 0.15) is 5.75 Å². The molecule has 0 unspecified atom stereocenters. The molecule has 0 saturated carbocycles. The molecule has 17 heavy (non-hydrogen) atoms. The fourth-order valence-electron chi connectivity index (χ4n) is 2.10. The summed E-state index contributed by atoms with van der Waals surface area (Å²) in [6.45, 7) is 4.18. The van der Waals surface area contributed by atoms with Crippen molar-refractivity contribution >= 4 is 5.78 Å². The molecule has 4 nitrogen and oxygen atoms in total. The van der Waals surface area contributed by atoms with Crippen LogP contribution in [0, 0.1) is 0 Å². The second kappa shape index (κ2) is 4.85. The van der Waals surface area contributed by atoms with Crippen LogP contribution < -0.4 is 10.5 Å². The number of hydrogen-bond acceptors (Lipinski definition) is 4. The highest BCUT2D eigenvalue weighted by Gasteiger charge is 2.23. The lowest BCUT2D eigenvalue weighted by molar-refractivity contribution is 0.101. The molecule has 1 aromatic carbocycles. The van der Waals surface area contributed by atoms with Gasteiger partial charge in [-0.15, -0.1) is 0 Å². The Morgan fingerprint density at radius 2 is 2.24 bits per heavy atom. The van der Waals surface area contributed by atoms with Crippen molar-refractivity contribution in [2.45, 2.75) is 19.5 Å². The quantitative estimate of drug-likeness (QED) is 0.791. The lowest BCUT2D eigenvalue weighted by atomic mass is 10.0. The Labute approximate surface area is 101 Å². The van der Waals surface area contributed by atoms with Crippen LogP contribution in [0.5, 0.6) is 5.75 Å². The molecule has 1 fully saturated rings. The Balaban J connectivity index is 2.17. The van der Waals surface area contributed by atoms with Gasteiger partial charge in [0.25, 0.3) is 0 Å².